The smallest absolute Gasteiger partial charge is 0.309 e. The predicted octanol–water partition coefficient (Wildman–Crippen LogP) is 2.90. The Hall–Kier alpha value is -2.51. The molecule has 0 aliphatic carbocycles. The summed E-state index contributed by atoms with van der Waals surface area (Å²) in [5.41, 5.74) is 1.37. The van der Waals surface area contributed by atoms with E-state index in [2.05, 4.69) is 0 Å². The van der Waals surface area contributed by atoms with Gasteiger partial charge in [-0.3, -0.25) is 4.79 Å². The van der Waals surface area contributed by atoms with Crippen LogP contribution in [0.15, 0.2) is 18.2 Å². The highest BCUT2D eigenvalue weighted by Gasteiger charge is 2.48. The summed E-state index contributed by atoms with van der Waals surface area (Å²) in [5, 5.41) is 1.56. The molecule has 1 saturated heterocycles. The summed E-state index contributed by atoms with van der Waals surface area (Å²) in [6.07, 6.45) is -1.53. The Labute approximate surface area is 150 Å². The maximum atomic E-state index is 11.9. The van der Waals surface area contributed by atoms with Crippen molar-refractivity contribution in [1.29, 1.82) is 0 Å². The summed E-state index contributed by atoms with van der Waals surface area (Å²) in [7, 11) is 6.31. The van der Waals surface area contributed by atoms with Gasteiger partial charge in [-0.25, -0.2) is 0 Å². The zero-order chi connectivity index (χ0) is 18.4. The van der Waals surface area contributed by atoms with Crippen LogP contribution in [0.4, 0.5) is 0 Å². The highest BCUT2D eigenvalue weighted by Crippen LogP contribution is 2.55. The predicted molar refractivity (Wildman–Crippen MR) is 91.7 cm³/mol. The fraction of sp³-hybridized carbons (Fsp3) is 0.421. The minimum absolute atomic E-state index is 0.172. The Bertz CT molecular complexity index is 876. The average molecular weight is 360 g/mol. The third-order valence-corrected chi connectivity index (χ3v) is 4.90. The van der Waals surface area contributed by atoms with Crippen molar-refractivity contribution in [3.63, 3.8) is 0 Å². The zero-order valence-electron chi connectivity index (χ0n) is 15.0. The van der Waals surface area contributed by atoms with Crippen molar-refractivity contribution in [3.8, 4) is 17.2 Å². The molecule has 4 rings (SSSR count). The topological polar surface area (TPSA) is 72.5 Å². The van der Waals surface area contributed by atoms with Gasteiger partial charge in [-0.1, -0.05) is 12.1 Å². The monoisotopic (exact) mass is 360 g/mol. The highest BCUT2D eigenvalue weighted by atomic mass is 16.7. The van der Waals surface area contributed by atoms with Crippen LogP contribution in [0.25, 0.3) is 10.8 Å². The van der Waals surface area contributed by atoms with E-state index in [1.807, 2.05) is 18.2 Å². The number of fused-ring (bicyclic) bond motifs is 4. The van der Waals surface area contributed by atoms with Crippen LogP contribution in [0.5, 0.6) is 17.2 Å². The van der Waals surface area contributed by atoms with Gasteiger partial charge in [0.1, 0.15) is 23.4 Å². The molecule has 3 atom stereocenters. The maximum Gasteiger partial charge on any atom is 0.309 e. The molecule has 7 heteroatoms. The lowest BCUT2D eigenvalue weighted by atomic mass is 9.89. The fourth-order valence-corrected chi connectivity index (χ4v) is 3.90. The molecule has 0 amide bonds. The van der Waals surface area contributed by atoms with E-state index < -0.39 is 18.5 Å². The molecule has 0 radical (unpaired) electrons. The lowest BCUT2D eigenvalue weighted by molar-refractivity contribution is -0.186. The van der Waals surface area contributed by atoms with Gasteiger partial charge in [0.25, 0.3) is 0 Å². The Morgan fingerprint density at radius 3 is 2.42 bits per heavy atom. The molecule has 0 saturated carbocycles. The van der Waals surface area contributed by atoms with Gasteiger partial charge in [0.15, 0.2) is 12.4 Å². The minimum atomic E-state index is -0.709. The second kappa shape index (κ2) is 6.34. The number of carbonyl (C=O) groups is 1. The van der Waals surface area contributed by atoms with Crippen LogP contribution in [-0.2, 0) is 19.0 Å². The first-order valence-corrected chi connectivity index (χ1v) is 8.26. The number of methoxy groups -OCH3 is 4. The number of carbonyl (C=O) groups excluding carboxylic acids is 1. The van der Waals surface area contributed by atoms with Crippen molar-refractivity contribution in [2.45, 2.75) is 24.9 Å². The van der Waals surface area contributed by atoms with E-state index in [1.54, 1.807) is 28.4 Å². The van der Waals surface area contributed by atoms with Crippen molar-refractivity contribution in [1.82, 2.24) is 0 Å². The quantitative estimate of drug-likeness (QED) is 0.776. The van der Waals surface area contributed by atoms with Crippen LogP contribution in [-0.4, -0.2) is 40.5 Å². The average Bonchev–Trinajstić information content (AvgIpc) is 3.04. The summed E-state index contributed by atoms with van der Waals surface area (Å²) in [6.45, 7) is 0. The van der Waals surface area contributed by atoms with Crippen LogP contribution >= 0.6 is 0 Å². The van der Waals surface area contributed by atoms with Crippen LogP contribution in [0.2, 0.25) is 0 Å². The van der Waals surface area contributed by atoms with Gasteiger partial charge < -0.3 is 28.4 Å². The summed E-state index contributed by atoms with van der Waals surface area (Å²) in [6, 6.07) is 5.64. The molecule has 138 valence electrons. The Morgan fingerprint density at radius 1 is 1.00 bits per heavy atom. The van der Waals surface area contributed by atoms with Crippen LogP contribution in [0.1, 0.15) is 29.9 Å². The normalized spacial score (nSPS) is 24.0. The Kier molecular flexibility index (Phi) is 4.13. The number of rotatable bonds is 4. The molecular weight excluding hydrogens is 340 g/mol. The molecule has 2 aromatic carbocycles. The number of ether oxygens (including phenoxy) is 6. The molecular formula is C19H20O7. The molecule has 1 unspecified atom stereocenters. The van der Waals surface area contributed by atoms with E-state index in [-0.39, 0.29) is 12.4 Å². The molecule has 7 nitrogen and oxygen atoms in total. The van der Waals surface area contributed by atoms with Gasteiger partial charge in [0.2, 0.25) is 0 Å². The van der Waals surface area contributed by atoms with Crippen LogP contribution in [0, 0.1) is 0 Å². The van der Waals surface area contributed by atoms with Gasteiger partial charge in [0, 0.05) is 18.1 Å². The molecule has 26 heavy (non-hydrogen) atoms. The SMILES string of the molecule is COc1c2c(c(OC)c3c(OC)cccc13)C(OC)O[C@@H]1CC(=O)O[C@H]21. The number of benzene rings is 2. The van der Waals surface area contributed by atoms with E-state index in [9.17, 15) is 4.79 Å². The number of hydrogen-bond donors (Lipinski definition) is 0. The molecule has 0 aromatic heterocycles. The van der Waals surface area contributed by atoms with Crippen molar-refractivity contribution in [3.05, 3.63) is 29.3 Å². The van der Waals surface area contributed by atoms with Gasteiger partial charge in [0.05, 0.1) is 38.7 Å². The minimum Gasteiger partial charge on any atom is -0.496 e. The van der Waals surface area contributed by atoms with Gasteiger partial charge in [-0.05, 0) is 6.07 Å². The molecule has 1 fully saturated rings. The third kappa shape index (κ3) is 2.24. The van der Waals surface area contributed by atoms with Crippen molar-refractivity contribution < 1.29 is 33.2 Å². The van der Waals surface area contributed by atoms with Crippen molar-refractivity contribution in [2.24, 2.45) is 0 Å². The molecule has 2 aromatic rings. The van der Waals surface area contributed by atoms with Gasteiger partial charge in [-0.2, -0.15) is 0 Å². The molecule has 2 aliphatic rings. The molecule has 0 spiro atoms. The van der Waals surface area contributed by atoms with Crippen LogP contribution < -0.4 is 14.2 Å². The standard InChI is InChI=1S/C19H20O7/c1-21-10-7-5-6-9-13(10)18(23-3)15-14(16(9)22-2)17-11(8-12(20)26-17)25-19(15)24-4/h5-7,11,17,19H,8H2,1-4H3/t11-,17+,19?/m1/s1. The number of hydrogen-bond acceptors (Lipinski definition) is 7. The van der Waals surface area contributed by atoms with Crippen molar-refractivity contribution >= 4 is 16.7 Å². The lowest BCUT2D eigenvalue weighted by Crippen LogP contribution is -2.29. The Morgan fingerprint density at radius 2 is 1.77 bits per heavy atom. The van der Waals surface area contributed by atoms with E-state index >= 15 is 0 Å². The van der Waals surface area contributed by atoms with E-state index in [1.165, 1.54) is 0 Å². The van der Waals surface area contributed by atoms with Gasteiger partial charge >= 0.3 is 5.97 Å². The number of esters is 1. The van der Waals surface area contributed by atoms with Crippen LogP contribution in [0.3, 0.4) is 0 Å². The lowest BCUT2D eigenvalue weighted by Gasteiger charge is -2.35. The first-order chi connectivity index (χ1) is 12.6. The largest absolute Gasteiger partial charge is 0.496 e. The molecule has 2 heterocycles. The maximum absolute atomic E-state index is 11.9. The Balaban J connectivity index is 2.13. The second-order valence-electron chi connectivity index (χ2n) is 6.13. The first kappa shape index (κ1) is 16.9. The fourth-order valence-electron chi connectivity index (χ4n) is 3.90. The highest BCUT2D eigenvalue weighted by molar-refractivity contribution is 6.00. The van der Waals surface area contributed by atoms with Gasteiger partial charge in [-0.15, -0.1) is 0 Å². The molecule has 2 aliphatic heterocycles. The van der Waals surface area contributed by atoms with E-state index in [4.69, 9.17) is 28.4 Å². The zero-order valence-corrected chi connectivity index (χ0v) is 15.0. The molecule has 0 bridgehead atoms. The van der Waals surface area contributed by atoms with E-state index in [0.717, 1.165) is 16.3 Å². The summed E-state index contributed by atoms with van der Waals surface area (Å²) in [4.78, 5) is 11.9. The summed E-state index contributed by atoms with van der Waals surface area (Å²) in [5.74, 6) is 1.49. The third-order valence-electron chi connectivity index (χ3n) is 4.90. The van der Waals surface area contributed by atoms with Crippen molar-refractivity contribution in [2.75, 3.05) is 28.4 Å². The second-order valence-corrected chi connectivity index (χ2v) is 6.13. The summed E-state index contributed by atoms with van der Waals surface area (Å²) < 4.78 is 34.1. The van der Waals surface area contributed by atoms with E-state index in [0.29, 0.717) is 22.8 Å². The summed E-state index contributed by atoms with van der Waals surface area (Å²) >= 11 is 0. The molecule has 0 N–H and O–H groups in total. The first-order valence-electron chi connectivity index (χ1n) is 8.26.